The van der Waals surface area contributed by atoms with Gasteiger partial charge in [-0.25, -0.2) is 0 Å². The fraction of sp³-hybridized carbons (Fsp3) is 0.667. The van der Waals surface area contributed by atoms with Gasteiger partial charge in [0.1, 0.15) is 6.54 Å². The molecule has 3 heteroatoms. The lowest BCUT2D eigenvalue weighted by Crippen LogP contribution is -3.09. The van der Waals surface area contributed by atoms with Crippen LogP contribution in [0.2, 0.25) is 0 Å². The predicted molar refractivity (Wildman–Crippen MR) is 73.0 cm³/mol. The van der Waals surface area contributed by atoms with E-state index in [0.717, 1.165) is 12.6 Å². The highest BCUT2D eigenvalue weighted by atomic mass is 15.1. The van der Waals surface area contributed by atoms with Crippen molar-refractivity contribution < 1.29 is 10.6 Å². The van der Waals surface area contributed by atoms with E-state index in [-0.39, 0.29) is 0 Å². The Morgan fingerprint density at radius 2 is 1.72 bits per heavy atom. The van der Waals surface area contributed by atoms with Crippen molar-refractivity contribution >= 4 is 0 Å². The fourth-order valence-electron chi connectivity index (χ4n) is 3.59. The van der Waals surface area contributed by atoms with Gasteiger partial charge in [-0.15, -0.1) is 0 Å². The van der Waals surface area contributed by atoms with Gasteiger partial charge in [0, 0.05) is 18.0 Å². The average molecular weight is 249 g/mol. The van der Waals surface area contributed by atoms with Crippen LogP contribution in [0, 0.1) is 0 Å². The van der Waals surface area contributed by atoms with Crippen molar-refractivity contribution in [3.05, 3.63) is 30.1 Å². The first kappa shape index (κ1) is 13.5. The molecule has 2 rings (SSSR count). The molecule has 1 aliphatic heterocycles. The Balaban J connectivity index is 1.93. The minimum atomic E-state index is 0.362. The van der Waals surface area contributed by atoms with Crippen LogP contribution < -0.4 is 10.6 Å². The van der Waals surface area contributed by atoms with Crippen LogP contribution in [0.4, 0.5) is 0 Å². The van der Waals surface area contributed by atoms with Crippen LogP contribution in [0.5, 0.6) is 0 Å². The van der Waals surface area contributed by atoms with E-state index in [1.165, 1.54) is 18.4 Å². The molecule has 0 aliphatic carbocycles. The van der Waals surface area contributed by atoms with Crippen LogP contribution >= 0.6 is 0 Å². The Morgan fingerprint density at radius 1 is 1.17 bits per heavy atom. The summed E-state index contributed by atoms with van der Waals surface area (Å²) in [5, 5.41) is 5.04. The fourth-order valence-corrected chi connectivity index (χ4v) is 3.59. The lowest BCUT2D eigenvalue weighted by Gasteiger charge is -2.41. The first-order valence-electron chi connectivity index (χ1n) is 6.96. The normalized spacial score (nSPS) is 22.9. The van der Waals surface area contributed by atoms with Gasteiger partial charge in [-0.2, -0.15) is 0 Å². The number of piperidine rings is 1. The largest absolute Gasteiger partial charge is 0.340 e. The molecule has 4 N–H and O–H groups in total. The summed E-state index contributed by atoms with van der Waals surface area (Å²) in [4.78, 5) is 4.07. The first-order valence-corrected chi connectivity index (χ1v) is 6.96. The summed E-state index contributed by atoms with van der Waals surface area (Å²) in [7, 11) is 0. The molecule has 0 saturated carbocycles. The second-order valence-corrected chi connectivity index (χ2v) is 7.09. The van der Waals surface area contributed by atoms with Crippen molar-refractivity contribution in [2.45, 2.75) is 64.2 Å². The second-order valence-electron chi connectivity index (χ2n) is 7.09. The van der Waals surface area contributed by atoms with Crippen LogP contribution in [0.1, 0.15) is 46.1 Å². The van der Waals surface area contributed by atoms with Gasteiger partial charge >= 0.3 is 0 Å². The Morgan fingerprint density at radius 3 is 2.28 bits per heavy atom. The van der Waals surface area contributed by atoms with Crippen LogP contribution in [0.25, 0.3) is 0 Å². The second kappa shape index (κ2) is 4.98. The van der Waals surface area contributed by atoms with E-state index in [1.54, 1.807) is 0 Å². The number of pyridine rings is 1. The lowest BCUT2D eigenvalue weighted by atomic mass is 9.79. The smallest absolute Gasteiger partial charge is 0.102 e. The molecule has 1 aromatic heterocycles. The third kappa shape index (κ3) is 3.79. The Labute approximate surface area is 110 Å². The minimum Gasteiger partial charge on any atom is -0.340 e. The van der Waals surface area contributed by atoms with Crippen molar-refractivity contribution in [3.63, 3.8) is 0 Å². The maximum absolute atomic E-state index is 4.07. The van der Waals surface area contributed by atoms with Gasteiger partial charge in [-0.05, 0) is 39.8 Å². The van der Waals surface area contributed by atoms with Crippen molar-refractivity contribution in [1.29, 1.82) is 0 Å². The third-order valence-corrected chi connectivity index (χ3v) is 3.79. The zero-order chi connectivity index (χ0) is 13.2. The molecule has 1 aromatic rings. The Bertz CT molecular complexity index is 368. The maximum atomic E-state index is 4.07. The molecule has 0 aromatic carbocycles. The average Bonchev–Trinajstić information content (AvgIpc) is 2.24. The summed E-state index contributed by atoms with van der Waals surface area (Å²) in [6, 6.07) is 4.96. The Kier molecular flexibility index (Phi) is 3.74. The summed E-state index contributed by atoms with van der Waals surface area (Å²) in [5.41, 5.74) is 2.10. The van der Waals surface area contributed by atoms with E-state index >= 15 is 0 Å². The number of nitrogens with two attached hydrogens (primary N) is 2. The number of quaternary nitrogens is 2. The molecule has 1 aliphatic rings. The number of aromatic nitrogens is 1. The van der Waals surface area contributed by atoms with Gasteiger partial charge in [0.05, 0.1) is 30.0 Å². The van der Waals surface area contributed by atoms with E-state index in [9.17, 15) is 0 Å². The quantitative estimate of drug-likeness (QED) is 0.802. The lowest BCUT2D eigenvalue weighted by molar-refractivity contribution is -0.816. The van der Waals surface area contributed by atoms with E-state index in [1.807, 2.05) is 12.4 Å². The highest BCUT2D eigenvalue weighted by Gasteiger charge is 2.43. The van der Waals surface area contributed by atoms with E-state index in [4.69, 9.17) is 0 Å². The standard InChI is InChI=1S/C15H25N3/c1-14(2)9-13(10-15(3,4)18-14)17-11-12-5-7-16-8-6-12/h5-8,13,17-18H,9-11H2,1-4H3/p+2. The summed E-state index contributed by atoms with van der Waals surface area (Å²) >= 11 is 0. The van der Waals surface area contributed by atoms with E-state index in [2.05, 4.69) is 55.4 Å². The molecule has 18 heavy (non-hydrogen) atoms. The number of hydrogen-bond acceptors (Lipinski definition) is 1. The van der Waals surface area contributed by atoms with Gasteiger partial charge in [0.25, 0.3) is 0 Å². The Hall–Kier alpha value is -0.930. The molecule has 1 fully saturated rings. The molecular formula is C15H27N3+2. The van der Waals surface area contributed by atoms with E-state index < -0.39 is 0 Å². The third-order valence-electron chi connectivity index (χ3n) is 3.79. The van der Waals surface area contributed by atoms with Gasteiger partial charge in [0.15, 0.2) is 0 Å². The molecule has 3 nitrogen and oxygen atoms in total. The SMILES string of the molecule is CC1(C)CC([NH2+]Cc2ccncc2)CC(C)(C)[NH2+]1. The zero-order valence-electron chi connectivity index (χ0n) is 12.1. The van der Waals surface area contributed by atoms with Crippen molar-refractivity contribution in [2.24, 2.45) is 0 Å². The number of nitrogens with zero attached hydrogens (tertiary/aromatic N) is 1. The van der Waals surface area contributed by atoms with Crippen molar-refractivity contribution in [1.82, 2.24) is 4.98 Å². The molecule has 0 radical (unpaired) electrons. The topological polar surface area (TPSA) is 46.1 Å². The zero-order valence-corrected chi connectivity index (χ0v) is 12.1. The highest BCUT2D eigenvalue weighted by molar-refractivity contribution is 5.07. The molecule has 0 amide bonds. The van der Waals surface area contributed by atoms with Gasteiger partial charge < -0.3 is 10.6 Å². The van der Waals surface area contributed by atoms with Crippen LogP contribution in [0.3, 0.4) is 0 Å². The summed E-state index contributed by atoms with van der Waals surface area (Å²) in [6.07, 6.45) is 6.32. The van der Waals surface area contributed by atoms with E-state index in [0.29, 0.717) is 11.1 Å². The van der Waals surface area contributed by atoms with Crippen molar-refractivity contribution in [3.8, 4) is 0 Å². The number of hydrogen-bond donors (Lipinski definition) is 2. The minimum absolute atomic E-state index is 0.362. The molecule has 0 bridgehead atoms. The molecule has 2 heterocycles. The highest BCUT2D eigenvalue weighted by Crippen LogP contribution is 2.19. The maximum Gasteiger partial charge on any atom is 0.102 e. The molecule has 0 spiro atoms. The molecule has 1 saturated heterocycles. The summed E-state index contributed by atoms with van der Waals surface area (Å²) in [6.45, 7) is 10.5. The summed E-state index contributed by atoms with van der Waals surface area (Å²) < 4.78 is 0. The molecule has 0 atom stereocenters. The van der Waals surface area contributed by atoms with Gasteiger partial charge in [-0.3, -0.25) is 4.98 Å². The van der Waals surface area contributed by atoms with Crippen LogP contribution in [0.15, 0.2) is 24.5 Å². The van der Waals surface area contributed by atoms with Crippen LogP contribution in [-0.4, -0.2) is 22.1 Å². The molecular weight excluding hydrogens is 222 g/mol. The molecule has 100 valence electrons. The first-order chi connectivity index (χ1) is 8.36. The monoisotopic (exact) mass is 249 g/mol. The molecule has 0 unspecified atom stereocenters. The van der Waals surface area contributed by atoms with Gasteiger partial charge in [-0.1, -0.05) is 0 Å². The van der Waals surface area contributed by atoms with Crippen LogP contribution in [-0.2, 0) is 6.54 Å². The van der Waals surface area contributed by atoms with Crippen molar-refractivity contribution in [2.75, 3.05) is 0 Å². The summed E-state index contributed by atoms with van der Waals surface area (Å²) in [5.74, 6) is 0. The number of rotatable bonds is 3. The van der Waals surface area contributed by atoms with Gasteiger partial charge in [0.2, 0.25) is 0 Å². The predicted octanol–water partition coefficient (Wildman–Crippen LogP) is 0.428.